The molecule has 5 saturated heterocycles. The van der Waals surface area contributed by atoms with Gasteiger partial charge in [-0.15, -0.1) is 11.3 Å². The number of rotatable bonds is 12. The lowest BCUT2D eigenvalue weighted by molar-refractivity contribution is -0.149. The third-order valence-electron chi connectivity index (χ3n) is 16.4. The minimum atomic E-state index is -1.93. The third-order valence-corrected chi connectivity index (χ3v) is 17.4. The van der Waals surface area contributed by atoms with E-state index in [4.69, 9.17) is 40.9 Å². The van der Waals surface area contributed by atoms with Crippen LogP contribution in [0.2, 0.25) is 0 Å². The first-order chi connectivity index (χ1) is 37.0. The molecule has 21 heteroatoms. The number of anilines is 2. The number of benzene rings is 1. The zero-order chi connectivity index (χ0) is 51.9. The molecule has 6 aromatic heterocycles. The van der Waals surface area contributed by atoms with Crippen LogP contribution in [0, 0.1) is 11.7 Å². The molecule has 1 unspecified atom stereocenters. The molecule has 5 fully saturated rings. The maximum absolute atomic E-state index is 16.4. The number of halogens is 2. The molecule has 11 heterocycles. The minimum Gasteiger partial charge on any atom is -0.461 e. The number of carbonyl (C=O) groups excluding carboxylic acids is 2. The minimum absolute atomic E-state index is 0.0313. The fourth-order valence-electron chi connectivity index (χ4n) is 12.2. The molecule has 12 rings (SSSR count). The molecule has 76 heavy (non-hydrogen) atoms. The van der Waals surface area contributed by atoms with Crippen LogP contribution in [0.3, 0.4) is 0 Å². The Morgan fingerprint density at radius 3 is 2.22 bits per heavy atom. The van der Waals surface area contributed by atoms with Gasteiger partial charge >= 0.3 is 0 Å². The van der Waals surface area contributed by atoms with Gasteiger partial charge in [0.25, 0.3) is 11.9 Å². The van der Waals surface area contributed by atoms with Crippen LogP contribution in [0.5, 0.6) is 6.01 Å². The molecule has 0 saturated carbocycles. The van der Waals surface area contributed by atoms with E-state index in [1.54, 1.807) is 40.9 Å². The topological polar surface area (TPSA) is 205 Å². The van der Waals surface area contributed by atoms with Crippen LogP contribution in [0.15, 0.2) is 78.7 Å². The number of pyridine rings is 2. The molecule has 0 bridgehead atoms. The second-order valence-electron chi connectivity index (χ2n) is 21.3. The summed E-state index contributed by atoms with van der Waals surface area (Å²) in [7, 11) is 0. The van der Waals surface area contributed by atoms with Crippen molar-refractivity contribution in [2.24, 2.45) is 5.92 Å². The molecule has 1 aromatic carbocycles. The van der Waals surface area contributed by atoms with Crippen LogP contribution < -0.4 is 16.2 Å². The summed E-state index contributed by atoms with van der Waals surface area (Å²) in [5.74, 6) is 0.388. The molecule has 2 amide bonds. The largest absolute Gasteiger partial charge is 0.461 e. The average molecular weight is 1060 g/mol. The van der Waals surface area contributed by atoms with E-state index in [0.717, 1.165) is 90.3 Å². The summed E-state index contributed by atoms with van der Waals surface area (Å²) in [6, 6.07) is 14.8. The molecule has 398 valence electrons. The van der Waals surface area contributed by atoms with Crippen molar-refractivity contribution in [3.63, 3.8) is 0 Å². The number of likely N-dealkylation sites (tertiary alicyclic amines) is 4. The van der Waals surface area contributed by atoms with Crippen molar-refractivity contribution in [2.75, 3.05) is 70.4 Å². The third kappa shape index (κ3) is 10.3. The van der Waals surface area contributed by atoms with Crippen LogP contribution in [0.1, 0.15) is 98.4 Å². The Hall–Kier alpha value is -6.68. The number of nitrogens with zero attached hydrogens (tertiary/aromatic N) is 12. The molecule has 18 nitrogen and oxygen atoms in total. The lowest BCUT2D eigenvalue weighted by Gasteiger charge is -2.40. The van der Waals surface area contributed by atoms with Crippen LogP contribution in [-0.4, -0.2) is 141 Å². The van der Waals surface area contributed by atoms with Crippen LogP contribution in [0.25, 0.3) is 33.7 Å². The van der Waals surface area contributed by atoms with Crippen molar-refractivity contribution in [1.82, 2.24) is 58.6 Å². The Morgan fingerprint density at radius 2 is 1.50 bits per heavy atom. The fraction of sp³-hybridized carbons (Fsp3) is 0.491. The number of fused-ring (bicyclic) bond motifs is 2. The number of ether oxygens (including phenoxy) is 2. The number of piperidine rings is 4. The first-order valence-corrected chi connectivity index (χ1v) is 27.7. The highest BCUT2D eigenvalue weighted by molar-refractivity contribution is 7.10. The normalized spacial score (nSPS) is 21.7. The number of alkyl halides is 1. The second-order valence-corrected chi connectivity index (χ2v) is 22.3. The number of carbonyl (C=O) groups is 2. The Labute approximate surface area is 443 Å². The summed E-state index contributed by atoms with van der Waals surface area (Å²) in [6.45, 7) is 6.58. The van der Waals surface area contributed by atoms with Crippen molar-refractivity contribution < 1.29 is 27.8 Å². The summed E-state index contributed by atoms with van der Waals surface area (Å²) in [6.07, 6.45) is 12.1. The standard InChI is InChI=1S/C55H64F2N14O4S/c56-38-4-5-46-44(28-38)65-54(70(46)39-10-21-69(22-11-39)52(73)55(57)14-23-67(24-15-55)33-35-30-62-53(59)63-31-35)75-41-12-25-74-47(29-41)37-27-45-49(61-32-37)71(50(64-45)43-3-1-2-16-60-43)40-8-19-68(20-9-40)51(72)36-6-17-66(18-7-36)34-48-42(58)13-26-76-48/h1-5,13,16,26-28,30-32,36,39-41,47H,6-12,14-15,17-25,29,33-34,58H2,(H2,59,62,63)/t41?,47-/m1/s1. The molecule has 0 aliphatic carbocycles. The van der Waals surface area contributed by atoms with Crippen molar-refractivity contribution in [3.05, 3.63) is 101 Å². The first kappa shape index (κ1) is 50.2. The van der Waals surface area contributed by atoms with Crippen molar-refractivity contribution in [3.8, 4) is 17.5 Å². The second kappa shape index (κ2) is 21.4. The van der Waals surface area contributed by atoms with E-state index in [9.17, 15) is 14.0 Å². The van der Waals surface area contributed by atoms with Crippen LogP contribution in [-0.2, 0) is 27.4 Å². The van der Waals surface area contributed by atoms with E-state index in [1.807, 2.05) is 40.4 Å². The van der Waals surface area contributed by atoms with Gasteiger partial charge in [0.15, 0.2) is 17.1 Å². The van der Waals surface area contributed by atoms with Crippen molar-refractivity contribution >= 4 is 57.0 Å². The van der Waals surface area contributed by atoms with Gasteiger partial charge in [0.1, 0.15) is 23.1 Å². The van der Waals surface area contributed by atoms with Crippen molar-refractivity contribution in [1.29, 1.82) is 0 Å². The number of amides is 2. The van der Waals surface area contributed by atoms with Crippen LogP contribution in [0.4, 0.5) is 20.4 Å². The first-order valence-electron chi connectivity index (χ1n) is 26.9. The Kier molecular flexibility index (Phi) is 14.1. The summed E-state index contributed by atoms with van der Waals surface area (Å²) in [4.78, 5) is 65.1. The summed E-state index contributed by atoms with van der Waals surface area (Å²) in [5, 5.41) is 2.04. The molecule has 5 aliphatic rings. The number of aromatic nitrogens is 8. The zero-order valence-electron chi connectivity index (χ0n) is 42.6. The molecule has 2 atom stereocenters. The van der Waals surface area contributed by atoms with E-state index in [0.29, 0.717) is 89.6 Å². The number of hydrogen-bond donors (Lipinski definition) is 2. The maximum atomic E-state index is 16.4. The highest BCUT2D eigenvalue weighted by Crippen LogP contribution is 2.40. The fourth-order valence-corrected chi connectivity index (χ4v) is 13.0. The average Bonchev–Trinajstić information content (AvgIpc) is 4.17. The molecular weight excluding hydrogens is 991 g/mol. The SMILES string of the molecule is Nc1ncc(CN2CCC(F)(C(=O)N3CCC(n4c(OC5CCO[C@@H](c6cnc7c(c6)nc(-c6ccccn6)n7C6CCN(C(=O)C7CCN(Cc8sccc8N)CC7)CC6)C5)nc5cc(F)ccc54)CC3)CC2)cn1. The van der Waals surface area contributed by atoms with Gasteiger partial charge in [-0.2, -0.15) is 4.98 Å². The highest BCUT2D eigenvalue weighted by atomic mass is 32.1. The van der Waals surface area contributed by atoms with E-state index in [2.05, 4.69) is 35.3 Å². The molecular formula is C55H64F2N14O4S. The van der Waals surface area contributed by atoms with Gasteiger partial charge in [0.2, 0.25) is 11.9 Å². The maximum Gasteiger partial charge on any atom is 0.297 e. The predicted molar refractivity (Wildman–Crippen MR) is 284 cm³/mol. The van der Waals surface area contributed by atoms with Crippen molar-refractivity contribution in [2.45, 2.75) is 107 Å². The summed E-state index contributed by atoms with van der Waals surface area (Å²) < 4.78 is 48.6. The predicted octanol–water partition coefficient (Wildman–Crippen LogP) is 7.54. The van der Waals surface area contributed by atoms with Crippen LogP contribution >= 0.6 is 11.3 Å². The van der Waals surface area contributed by atoms with Gasteiger partial charge in [-0.05, 0) is 93.4 Å². The molecule has 0 radical (unpaired) electrons. The van der Waals surface area contributed by atoms with Gasteiger partial charge in [-0.25, -0.2) is 28.7 Å². The van der Waals surface area contributed by atoms with E-state index < -0.39 is 17.4 Å². The quantitative estimate of drug-likeness (QED) is 0.121. The molecule has 4 N–H and O–H groups in total. The van der Waals surface area contributed by atoms with Gasteiger partial charge in [-0.3, -0.25) is 28.9 Å². The van der Waals surface area contributed by atoms with E-state index >= 15 is 4.39 Å². The summed E-state index contributed by atoms with van der Waals surface area (Å²) >= 11 is 1.69. The smallest absolute Gasteiger partial charge is 0.297 e. The molecule has 5 aliphatic heterocycles. The lowest BCUT2D eigenvalue weighted by atomic mass is 9.90. The van der Waals surface area contributed by atoms with E-state index in [-0.39, 0.29) is 54.9 Å². The van der Waals surface area contributed by atoms with Gasteiger partial charge in [-0.1, -0.05) is 6.07 Å². The number of imidazole rings is 2. The number of thiophene rings is 1. The number of hydrogen-bond acceptors (Lipinski definition) is 15. The lowest BCUT2D eigenvalue weighted by Crippen LogP contribution is -2.53. The van der Waals surface area contributed by atoms with Gasteiger partial charge < -0.3 is 35.3 Å². The highest BCUT2D eigenvalue weighted by Gasteiger charge is 2.45. The molecule has 7 aromatic rings. The summed E-state index contributed by atoms with van der Waals surface area (Å²) in [5.41, 5.74) is 16.0. The Bertz CT molecular complexity index is 3180. The van der Waals surface area contributed by atoms with Gasteiger partial charge in [0, 0.05) is 149 Å². The Balaban J connectivity index is 0.702. The number of nitrogens with two attached hydrogens (primary N) is 2. The van der Waals surface area contributed by atoms with Gasteiger partial charge in [0.05, 0.1) is 23.7 Å². The number of nitrogen functional groups attached to an aromatic ring is 2. The van der Waals surface area contributed by atoms with E-state index in [1.165, 1.54) is 17.0 Å². The zero-order valence-corrected chi connectivity index (χ0v) is 43.4. The Morgan fingerprint density at radius 1 is 0.763 bits per heavy atom. The molecule has 0 spiro atoms. The monoisotopic (exact) mass is 1050 g/mol.